The Morgan fingerprint density at radius 2 is 1.54 bits per heavy atom. The van der Waals surface area contributed by atoms with Crippen LogP contribution in [-0.2, 0) is 0 Å². The topological polar surface area (TPSA) is 137 Å². The molecule has 0 amide bonds. The average Bonchev–Trinajstić information content (AvgIpc) is 2.50. The zero-order chi connectivity index (χ0) is 17.9. The van der Waals surface area contributed by atoms with E-state index in [1.807, 2.05) is 0 Å². The molecule has 9 nitrogen and oxygen atoms in total. The molecule has 0 saturated heterocycles. The summed E-state index contributed by atoms with van der Waals surface area (Å²) in [5, 5.41) is 23.8. The first-order chi connectivity index (χ1) is 11.3. The van der Waals surface area contributed by atoms with Gasteiger partial charge in [0, 0.05) is 17.8 Å². The number of nitrogens with zero attached hydrogens (tertiary/aromatic N) is 3. The van der Waals surface area contributed by atoms with Crippen molar-refractivity contribution in [2.45, 2.75) is 0 Å². The van der Waals surface area contributed by atoms with E-state index in [-0.39, 0.29) is 17.3 Å². The number of hydrogen-bond acceptors (Lipinski definition) is 5. The van der Waals surface area contributed by atoms with Crippen molar-refractivity contribution < 1.29 is 18.6 Å². The second kappa shape index (κ2) is 6.64. The van der Waals surface area contributed by atoms with E-state index in [4.69, 9.17) is 5.73 Å². The minimum absolute atomic E-state index is 0.00953. The maximum absolute atomic E-state index is 13.2. The first kappa shape index (κ1) is 16.7. The molecule has 3 N–H and O–H groups in total. The molecular formula is C13H9F2N5O4. The third kappa shape index (κ3) is 3.76. The fraction of sp³-hybridized carbons (Fsp3) is 0. The van der Waals surface area contributed by atoms with E-state index in [0.717, 1.165) is 30.3 Å². The lowest BCUT2D eigenvalue weighted by molar-refractivity contribution is -0.387. The molecule has 0 fully saturated rings. The molecule has 11 heteroatoms. The molecule has 0 bridgehead atoms. The fourth-order valence-electron chi connectivity index (χ4n) is 1.76. The van der Waals surface area contributed by atoms with E-state index in [1.54, 1.807) is 0 Å². The van der Waals surface area contributed by atoms with Crippen LogP contribution in [0.4, 0.5) is 31.5 Å². The lowest BCUT2D eigenvalue weighted by Crippen LogP contribution is -2.22. The predicted molar refractivity (Wildman–Crippen MR) is 81.0 cm³/mol. The Bertz CT molecular complexity index is 856. The molecule has 0 unspecified atom stereocenters. The predicted octanol–water partition coefficient (Wildman–Crippen LogP) is 2.84. The van der Waals surface area contributed by atoms with Gasteiger partial charge in [0.05, 0.1) is 15.5 Å². The van der Waals surface area contributed by atoms with E-state index in [2.05, 4.69) is 10.3 Å². The molecule has 124 valence electrons. The van der Waals surface area contributed by atoms with Crippen molar-refractivity contribution in [1.82, 2.24) is 0 Å². The minimum Gasteiger partial charge on any atom is -0.369 e. The molecule has 0 aliphatic heterocycles. The number of aliphatic imine (C=N–C) groups is 1. The highest BCUT2D eigenvalue weighted by Gasteiger charge is 2.16. The molecule has 0 heterocycles. The Balaban J connectivity index is 2.27. The van der Waals surface area contributed by atoms with Crippen molar-refractivity contribution >= 4 is 28.7 Å². The SMILES string of the molecule is NC(=Nc1ccc(F)c([N+](=O)[O-])c1)Nc1ccc(F)c([N+](=O)[O-])c1. The summed E-state index contributed by atoms with van der Waals surface area (Å²) >= 11 is 0. The van der Waals surface area contributed by atoms with Gasteiger partial charge in [-0.15, -0.1) is 0 Å². The van der Waals surface area contributed by atoms with Crippen LogP contribution < -0.4 is 11.1 Å². The largest absolute Gasteiger partial charge is 0.369 e. The summed E-state index contributed by atoms with van der Waals surface area (Å²) in [7, 11) is 0. The van der Waals surface area contributed by atoms with Crippen LogP contribution in [-0.4, -0.2) is 15.8 Å². The van der Waals surface area contributed by atoms with Crippen LogP contribution in [0, 0.1) is 31.9 Å². The highest BCUT2D eigenvalue weighted by Crippen LogP contribution is 2.24. The van der Waals surface area contributed by atoms with E-state index >= 15 is 0 Å². The van der Waals surface area contributed by atoms with Gasteiger partial charge in [0.25, 0.3) is 0 Å². The molecule has 2 aromatic rings. The van der Waals surface area contributed by atoms with Crippen LogP contribution >= 0.6 is 0 Å². The first-order valence-electron chi connectivity index (χ1n) is 6.27. The molecule has 0 saturated carbocycles. The zero-order valence-electron chi connectivity index (χ0n) is 11.8. The molecule has 2 rings (SSSR count). The summed E-state index contributed by atoms with van der Waals surface area (Å²) < 4.78 is 26.5. The van der Waals surface area contributed by atoms with Gasteiger partial charge in [-0.05, 0) is 24.3 Å². The van der Waals surface area contributed by atoms with Gasteiger partial charge in [0.15, 0.2) is 5.96 Å². The Hall–Kier alpha value is -3.63. The monoisotopic (exact) mass is 337 g/mol. The van der Waals surface area contributed by atoms with Crippen molar-refractivity contribution in [2.75, 3.05) is 5.32 Å². The molecule has 0 aromatic heterocycles. The number of halogens is 2. The van der Waals surface area contributed by atoms with Crippen molar-refractivity contribution in [1.29, 1.82) is 0 Å². The number of nitrogens with two attached hydrogens (primary N) is 1. The number of guanidine groups is 1. The molecule has 24 heavy (non-hydrogen) atoms. The van der Waals surface area contributed by atoms with Gasteiger partial charge in [0.1, 0.15) is 0 Å². The maximum Gasteiger partial charge on any atom is 0.306 e. The Morgan fingerprint density at radius 3 is 2.12 bits per heavy atom. The van der Waals surface area contributed by atoms with Gasteiger partial charge in [-0.25, -0.2) is 4.99 Å². The Kier molecular flexibility index (Phi) is 4.63. The van der Waals surface area contributed by atoms with Crippen LogP contribution in [0.15, 0.2) is 41.4 Å². The van der Waals surface area contributed by atoms with Gasteiger partial charge in [0.2, 0.25) is 11.6 Å². The number of benzene rings is 2. The maximum atomic E-state index is 13.2. The van der Waals surface area contributed by atoms with Crippen LogP contribution in [0.3, 0.4) is 0 Å². The number of nitro benzene ring substituents is 2. The fourth-order valence-corrected chi connectivity index (χ4v) is 1.76. The normalized spacial score (nSPS) is 11.2. The summed E-state index contributed by atoms with van der Waals surface area (Å²) in [5.74, 6) is -2.33. The summed E-state index contributed by atoms with van der Waals surface area (Å²) in [5.41, 5.74) is 4.12. The summed E-state index contributed by atoms with van der Waals surface area (Å²) in [4.78, 5) is 23.3. The van der Waals surface area contributed by atoms with E-state index in [0.29, 0.717) is 0 Å². The van der Waals surface area contributed by atoms with E-state index in [9.17, 15) is 29.0 Å². The van der Waals surface area contributed by atoms with Gasteiger partial charge >= 0.3 is 11.4 Å². The number of rotatable bonds is 4. The quantitative estimate of drug-likeness (QED) is 0.381. The molecule has 0 aliphatic carbocycles. The molecule has 2 aromatic carbocycles. The molecule has 0 aliphatic rings. The van der Waals surface area contributed by atoms with Crippen LogP contribution in [0.2, 0.25) is 0 Å². The summed E-state index contributed by atoms with van der Waals surface area (Å²) in [6.45, 7) is 0. The van der Waals surface area contributed by atoms with Crippen LogP contribution in [0.25, 0.3) is 0 Å². The minimum atomic E-state index is -1.03. The highest BCUT2D eigenvalue weighted by molar-refractivity contribution is 5.94. The van der Waals surface area contributed by atoms with E-state index in [1.165, 1.54) is 6.07 Å². The molecular weight excluding hydrogens is 328 g/mol. The average molecular weight is 337 g/mol. The first-order valence-corrected chi connectivity index (χ1v) is 6.27. The summed E-state index contributed by atoms with van der Waals surface area (Å²) in [6.07, 6.45) is 0. The lowest BCUT2D eigenvalue weighted by Gasteiger charge is -2.06. The molecule has 0 radical (unpaired) electrons. The van der Waals surface area contributed by atoms with Crippen molar-refractivity contribution in [3.63, 3.8) is 0 Å². The van der Waals surface area contributed by atoms with Crippen LogP contribution in [0.1, 0.15) is 0 Å². The smallest absolute Gasteiger partial charge is 0.306 e. The molecule has 0 atom stereocenters. The lowest BCUT2D eigenvalue weighted by atomic mass is 10.2. The van der Waals surface area contributed by atoms with Crippen molar-refractivity contribution in [2.24, 2.45) is 10.7 Å². The number of nitrogens with one attached hydrogen (secondary N) is 1. The highest BCUT2D eigenvalue weighted by atomic mass is 19.1. The number of anilines is 1. The molecule has 0 spiro atoms. The van der Waals surface area contributed by atoms with Gasteiger partial charge in [-0.3, -0.25) is 20.2 Å². The van der Waals surface area contributed by atoms with Gasteiger partial charge < -0.3 is 11.1 Å². The van der Waals surface area contributed by atoms with Gasteiger partial charge in [-0.1, -0.05) is 0 Å². The zero-order valence-corrected chi connectivity index (χ0v) is 11.8. The van der Waals surface area contributed by atoms with Crippen molar-refractivity contribution in [3.05, 3.63) is 68.3 Å². The van der Waals surface area contributed by atoms with Crippen molar-refractivity contribution in [3.8, 4) is 0 Å². The summed E-state index contributed by atoms with van der Waals surface area (Å²) in [6, 6.07) is 5.85. The Morgan fingerprint density at radius 1 is 1.00 bits per heavy atom. The van der Waals surface area contributed by atoms with Crippen LogP contribution in [0.5, 0.6) is 0 Å². The second-order valence-electron chi connectivity index (χ2n) is 4.44. The van der Waals surface area contributed by atoms with E-state index < -0.39 is 32.9 Å². The third-order valence-electron chi connectivity index (χ3n) is 2.79. The number of hydrogen-bond donors (Lipinski definition) is 2. The number of nitro groups is 2. The van der Waals surface area contributed by atoms with Gasteiger partial charge in [-0.2, -0.15) is 8.78 Å². The third-order valence-corrected chi connectivity index (χ3v) is 2.79. The standard InChI is InChI=1S/C13H9F2N5O4/c14-9-3-1-7(5-11(9)19(21)22)17-13(16)18-8-2-4-10(15)12(6-8)20(23)24/h1-6H,(H3,16,17,18). The second-order valence-corrected chi connectivity index (χ2v) is 4.44. The Labute approximate surface area is 132 Å².